The second-order valence-electron chi connectivity index (χ2n) is 3.62. The van der Waals surface area contributed by atoms with E-state index in [0.29, 0.717) is 6.54 Å². The highest BCUT2D eigenvalue weighted by Gasteiger charge is 2.22. The lowest BCUT2D eigenvalue weighted by Gasteiger charge is -2.27. The molecular weight excluding hydrogens is 158 g/mol. The molecule has 2 N–H and O–H groups in total. The molecule has 0 aromatic heterocycles. The molecule has 0 aliphatic rings. The largest absolute Gasteiger partial charge is 0.330 e. The maximum absolute atomic E-state index is 5.78. The molecule has 1 unspecified atom stereocenters. The minimum Gasteiger partial charge on any atom is -0.330 e. The van der Waals surface area contributed by atoms with Crippen LogP contribution < -0.4 is 5.73 Å². The average molecular weight is 175 g/mol. The molecule has 1 heteroatoms. The molecule has 70 valence electrons. The van der Waals surface area contributed by atoms with Crippen molar-refractivity contribution in [1.82, 2.24) is 0 Å². The lowest BCUT2D eigenvalue weighted by molar-refractivity contribution is 0.491. The maximum atomic E-state index is 5.78. The summed E-state index contributed by atoms with van der Waals surface area (Å²) in [6.07, 6.45) is 2.85. The minimum absolute atomic E-state index is 0.0447. The summed E-state index contributed by atoms with van der Waals surface area (Å²) in [5, 5.41) is 0. The number of nitrogens with two attached hydrogens (primary N) is 1. The fraction of sp³-hybridized carbons (Fsp3) is 0.333. The van der Waals surface area contributed by atoms with Gasteiger partial charge in [0.25, 0.3) is 0 Å². The van der Waals surface area contributed by atoms with E-state index in [-0.39, 0.29) is 5.41 Å². The zero-order valence-electron chi connectivity index (χ0n) is 8.16. The van der Waals surface area contributed by atoms with Crippen molar-refractivity contribution in [2.45, 2.75) is 18.8 Å². The topological polar surface area (TPSA) is 26.0 Å². The highest BCUT2D eigenvalue weighted by molar-refractivity contribution is 5.25. The van der Waals surface area contributed by atoms with Crippen molar-refractivity contribution in [1.29, 1.82) is 0 Å². The maximum Gasteiger partial charge on any atom is 0.00816 e. The van der Waals surface area contributed by atoms with Crippen LogP contribution in [-0.4, -0.2) is 6.54 Å². The van der Waals surface area contributed by atoms with Crippen molar-refractivity contribution in [3.8, 4) is 0 Å². The lowest BCUT2D eigenvalue weighted by atomic mass is 9.80. The Balaban J connectivity index is 2.95. The van der Waals surface area contributed by atoms with Crippen LogP contribution in [0.1, 0.15) is 18.9 Å². The van der Waals surface area contributed by atoms with Crippen LogP contribution in [0.5, 0.6) is 0 Å². The van der Waals surface area contributed by atoms with E-state index in [0.717, 1.165) is 6.42 Å². The lowest BCUT2D eigenvalue weighted by Crippen LogP contribution is -2.31. The van der Waals surface area contributed by atoms with Gasteiger partial charge in [0.2, 0.25) is 0 Å². The third-order valence-corrected chi connectivity index (χ3v) is 2.52. The number of hydrogen-bond acceptors (Lipinski definition) is 1. The van der Waals surface area contributed by atoms with Crippen molar-refractivity contribution in [2.24, 2.45) is 5.73 Å². The molecule has 0 aliphatic heterocycles. The molecule has 0 aliphatic carbocycles. The van der Waals surface area contributed by atoms with E-state index < -0.39 is 0 Å². The predicted molar refractivity (Wildman–Crippen MR) is 57.7 cm³/mol. The SMILES string of the molecule is C=CCC(C)(CN)c1ccccc1. The van der Waals surface area contributed by atoms with Crippen molar-refractivity contribution in [2.75, 3.05) is 6.54 Å². The van der Waals surface area contributed by atoms with Crippen LogP contribution in [0, 0.1) is 0 Å². The van der Waals surface area contributed by atoms with E-state index >= 15 is 0 Å². The summed E-state index contributed by atoms with van der Waals surface area (Å²) in [4.78, 5) is 0. The highest BCUT2D eigenvalue weighted by Crippen LogP contribution is 2.26. The van der Waals surface area contributed by atoms with Crippen molar-refractivity contribution >= 4 is 0 Å². The van der Waals surface area contributed by atoms with Crippen molar-refractivity contribution < 1.29 is 0 Å². The molecular formula is C12H17N. The normalized spacial score (nSPS) is 14.9. The zero-order chi connectivity index (χ0) is 9.73. The van der Waals surface area contributed by atoms with Gasteiger partial charge in [-0.2, -0.15) is 0 Å². The molecule has 13 heavy (non-hydrogen) atoms. The van der Waals surface area contributed by atoms with Crippen LogP contribution in [0.3, 0.4) is 0 Å². The third kappa shape index (κ3) is 2.19. The van der Waals surface area contributed by atoms with Gasteiger partial charge in [-0.1, -0.05) is 43.3 Å². The van der Waals surface area contributed by atoms with Crippen molar-refractivity contribution in [3.63, 3.8) is 0 Å². The first-order valence-corrected chi connectivity index (χ1v) is 4.59. The van der Waals surface area contributed by atoms with Gasteiger partial charge >= 0.3 is 0 Å². The van der Waals surface area contributed by atoms with Gasteiger partial charge in [0.05, 0.1) is 0 Å². The van der Waals surface area contributed by atoms with E-state index in [1.54, 1.807) is 0 Å². The molecule has 1 aromatic carbocycles. The van der Waals surface area contributed by atoms with Crippen LogP contribution in [-0.2, 0) is 5.41 Å². The van der Waals surface area contributed by atoms with Gasteiger partial charge in [0.1, 0.15) is 0 Å². The summed E-state index contributed by atoms with van der Waals surface area (Å²) in [6.45, 7) is 6.59. The molecule has 0 spiro atoms. The van der Waals surface area contributed by atoms with Gasteiger partial charge in [-0.05, 0) is 12.0 Å². The van der Waals surface area contributed by atoms with Gasteiger partial charge in [-0.3, -0.25) is 0 Å². The van der Waals surface area contributed by atoms with Gasteiger partial charge in [-0.15, -0.1) is 6.58 Å². The molecule has 1 nitrogen and oxygen atoms in total. The molecule has 0 saturated carbocycles. The standard InChI is InChI=1S/C12H17N/c1-3-9-12(2,10-13)11-7-5-4-6-8-11/h3-8H,1,9-10,13H2,2H3. The van der Waals surface area contributed by atoms with E-state index in [1.165, 1.54) is 5.56 Å². The Hall–Kier alpha value is -1.08. The molecule has 1 aromatic rings. The number of allylic oxidation sites excluding steroid dienone is 1. The molecule has 0 bridgehead atoms. The average Bonchev–Trinajstić information content (AvgIpc) is 2.19. The Morgan fingerprint density at radius 2 is 2.00 bits per heavy atom. The molecule has 0 heterocycles. The highest BCUT2D eigenvalue weighted by atomic mass is 14.6. The summed E-state index contributed by atoms with van der Waals surface area (Å²) in [5.41, 5.74) is 7.11. The fourth-order valence-electron chi connectivity index (χ4n) is 1.48. The van der Waals surface area contributed by atoms with Gasteiger partial charge < -0.3 is 5.73 Å². The Labute approximate surface area is 80.3 Å². The zero-order valence-corrected chi connectivity index (χ0v) is 8.16. The number of benzene rings is 1. The van der Waals surface area contributed by atoms with Crippen molar-refractivity contribution in [3.05, 3.63) is 48.6 Å². The number of rotatable bonds is 4. The quantitative estimate of drug-likeness (QED) is 0.699. The van der Waals surface area contributed by atoms with E-state index in [9.17, 15) is 0 Å². The minimum atomic E-state index is 0.0447. The van der Waals surface area contributed by atoms with Crippen LogP contribution in [0.15, 0.2) is 43.0 Å². The predicted octanol–water partition coefficient (Wildman–Crippen LogP) is 2.48. The van der Waals surface area contributed by atoms with Gasteiger partial charge in [0, 0.05) is 12.0 Å². The van der Waals surface area contributed by atoms with Gasteiger partial charge in [-0.25, -0.2) is 0 Å². The first-order chi connectivity index (χ1) is 6.23. The number of hydrogen-bond donors (Lipinski definition) is 1. The fourth-order valence-corrected chi connectivity index (χ4v) is 1.48. The second-order valence-corrected chi connectivity index (χ2v) is 3.62. The summed E-state index contributed by atoms with van der Waals surface area (Å²) >= 11 is 0. The van der Waals surface area contributed by atoms with Crippen LogP contribution >= 0.6 is 0 Å². The third-order valence-electron chi connectivity index (χ3n) is 2.52. The summed E-state index contributed by atoms with van der Waals surface area (Å²) in [5.74, 6) is 0. The molecule has 1 rings (SSSR count). The Morgan fingerprint density at radius 3 is 2.46 bits per heavy atom. The Morgan fingerprint density at radius 1 is 1.38 bits per heavy atom. The molecule has 0 radical (unpaired) electrons. The van der Waals surface area contributed by atoms with Gasteiger partial charge in [0.15, 0.2) is 0 Å². The monoisotopic (exact) mass is 175 g/mol. The smallest absolute Gasteiger partial charge is 0.00816 e. The molecule has 0 amide bonds. The van der Waals surface area contributed by atoms with Crippen LogP contribution in [0.4, 0.5) is 0 Å². The summed E-state index contributed by atoms with van der Waals surface area (Å²) in [7, 11) is 0. The van der Waals surface area contributed by atoms with Crippen LogP contribution in [0.25, 0.3) is 0 Å². The Kier molecular flexibility index (Phi) is 3.26. The molecule has 0 fully saturated rings. The van der Waals surface area contributed by atoms with E-state index in [2.05, 4.69) is 25.6 Å². The van der Waals surface area contributed by atoms with Crippen LogP contribution in [0.2, 0.25) is 0 Å². The molecule has 1 atom stereocenters. The second kappa shape index (κ2) is 4.24. The van der Waals surface area contributed by atoms with E-state index in [4.69, 9.17) is 5.73 Å². The summed E-state index contributed by atoms with van der Waals surface area (Å²) < 4.78 is 0. The molecule has 0 saturated heterocycles. The Bertz CT molecular complexity index is 266. The first kappa shape index (κ1) is 10.0. The van der Waals surface area contributed by atoms with E-state index in [1.807, 2.05) is 24.3 Å². The summed E-state index contributed by atoms with van der Waals surface area (Å²) in [6, 6.07) is 10.4. The first-order valence-electron chi connectivity index (χ1n) is 4.59.